The summed E-state index contributed by atoms with van der Waals surface area (Å²) in [5.74, 6) is 0.392. The molecule has 0 unspecified atom stereocenters. The van der Waals surface area contributed by atoms with E-state index < -0.39 is 5.82 Å². The lowest BCUT2D eigenvalue weighted by molar-refractivity contribution is 0.134. The number of unbranched alkanes of at least 4 members (excludes halogenated alkanes) is 1. The zero-order chi connectivity index (χ0) is 23.4. The van der Waals surface area contributed by atoms with Gasteiger partial charge in [-0.1, -0.05) is 19.4 Å². The largest absolute Gasteiger partial charge is 0.491 e. The minimum Gasteiger partial charge on any atom is -0.491 e. The summed E-state index contributed by atoms with van der Waals surface area (Å²) in [5.41, 5.74) is 1.57. The van der Waals surface area contributed by atoms with Crippen molar-refractivity contribution < 1.29 is 18.3 Å². The summed E-state index contributed by atoms with van der Waals surface area (Å²) in [5, 5.41) is 3.28. The predicted molar refractivity (Wildman–Crippen MR) is 123 cm³/mol. The minimum absolute atomic E-state index is 0.153. The Bertz CT molecular complexity index is 959. The number of piperidine rings is 1. The third kappa shape index (κ3) is 5.85. The number of hydrogen-bond donors (Lipinski definition) is 1. The van der Waals surface area contributed by atoms with E-state index in [4.69, 9.17) is 9.15 Å². The molecule has 1 saturated heterocycles. The highest BCUT2D eigenvalue weighted by Crippen LogP contribution is 2.52. The van der Waals surface area contributed by atoms with E-state index in [0.29, 0.717) is 30.3 Å². The van der Waals surface area contributed by atoms with Crippen molar-refractivity contribution in [3.63, 3.8) is 0 Å². The first kappa shape index (κ1) is 23.5. The number of aromatic nitrogens is 1. The maximum absolute atomic E-state index is 14.6. The van der Waals surface area contributed by atoms with Crippen LogP contribution in [0.2, 0.25) is 0 Å². The number of oxazole rings is 1. The van der Waals surface area contributed by atoms with Crippen molar-refractivity contribution in [1.82, 2.24) is 20.1 Å². The molecule has 0 radical (unpaired) electrons. The molecule has 1 aromatic carbocycles. The van der Waals surface area contributed by atoms with Crippen LogP contribution in [0.4, 0.5) is 9.18 Å². The Hall–Kier alpha value is -2.61. The smallest absolute Gasteiger partial charge is 0.318 e. The highest BCUT2D eigenvalue weighted by molar-refractivity contribution is 5.74. The standard InChI is InChI=1S/C25H35FN4O3/c1-4-5-12-32-22-7-6-19(13-21(22)26)14-30(15-20-16-33-18(2)27-20)24(31)28-23-8-11-29(3)17-25(23)9-10-25/h6-7,13,16,23H,4-5,8-12,14-15,17H2,1-3H3,(H,28,31)/t23-/m0/s1. The Morgan fingerprint density at radius 3 is 2.88 bits per heavy atom. The zero-order valence-corrected chi connectivity index (χ0v) is 19.9. The highest BCUT2D eigenvalue weighted by atomic mass is 19.1. The van der Waals surface area contributed by atoms with Crippen LogP contribution in [0.25, 0.3) is 0 Å². The number of likely N-dealkylation sites (tertiary alicyclic amines) is 1. The van der Waals surface area contributed by atoms with Crippen LogP contribution in [0.15, 0.2) is 28.9 Å². The van der Waals surface area contributed by atoms with Gasteiger partial charge in [0.1, 0.15) is 6.26 Å². The molecule has 1 aliphatic carbocycles. The van der Waals surface area contributed by atoms with Crippen LogP contribution in [-0.2, 0) is 13.1 Å². The Labute approximate surface area is 195 Å². The van der Waals surface area contributed by atoms with Gasteiger partial charge in [-0.25, -0.2) is 14.2 Å². The summed E-state index contributed by atoms with van der Waals surface area (Å²) >= 11 is 0. The van der Waals surface area contributed by atoms with Gasteiger partial charge >= 0.3 is 6.03 Å². The van der Waals surface area contributed by atoms with E-state index in [9.17, 15) is 9.18 Å². The summed E-state index contributed by atoms with van der Waals surface area (Å²) in [7, 11) is 2.14. The number of amides is 2. The van der Waals surface area contributed by atoms with Crippen molar-refractivity contribution in [2.45, 2.75) is 65.1 Å². The number of carbonyl (C=O) groups excluding carboxylic acids is 1. The molecule has 8 heteroatoms. The van der Waals surface area contributed by atoms with Crippen molar-refractivity contribution in [3.05, 3.63) is 47.4 Å². The molecule has 1 aromatic heterocycles. The van der Waals surface area contributed by atoms with Gasteiger partial charge in [0.2, 0.25) is 0 Å². The lowest BCUT2D eigenvalue weighted by Crippen LogP contribution is -2.54. The second-order valence-electron chi connectivity index (χ2n) is 9.57. The third-order valence-electron chi connectivity index (χ3n) is 6.75. The fourth-order valence-electron chi connectivity index (χ4n) is 4.70. The van der Waals surface area contributed by atoms with E-state index in [1.54, 1.807) is 24.2 Å². The van der Waals surface area contributed by atoms with E-state index in [0.717, 1.165) is 45.2 Å². The summed E-state index contributed by atoms with van der Waals surface area (Å²) < 4.78 is 25.5. The number of benzene rings is 1. The first-order chi connectivity index (χ1) is 15.9. The van der Waals surface area contributed by atoms with Crippen LogP contribution in [0.3, 0.4) is 0 Å². The van der Waals surface area contributed by atoms with Gasteiger partial charge < -0.3 is 24.3 Å². The molecular weight excluding hydrogens is 423 g/mol. The maximum atomic E-state index is 14.6. The molecule has 2 heterocycles. The minimum atomic E-state index is -0.409. The Morgan fingerprint density at radius 1 is 1.39 bits per heavy atom. The second kappa shape index (κ2) is 10.1. The van der Waals surface area contributed by atoms with Crippen LogP contribution >= 0.6 is 0 Å². The molecule has 2 amide bonds. The molecule has 1 N–H and O–H groups in total. The molecule has 1 aliphatic heterocycles. The number of rotatable bonds is 9. The molecule has 1 spiro atoms. The molecule has 33 heavy (non-hydrogen) atoms. The average molecular weight is 459 g/mol. The van der Waals surface area contributed by atoms with Gasteiger partial charge in [0.05, 0.1) is 18.8 Å². The van der Waals surface area contributed by atoms with Gasteiger partial charge in [-0.05, 0) is 57.0 Å². The molecule has 0 bridgehead atoms. The molecular formula is C25H35FN4O3. The van der Waals surface area contributed by atoms with E-state index in [2.05, 4.69) is 29.2 Å². The van der Waals surface area contributed by atoms with E-state index in [1.165, 1.54) is 6.07 Å². The number of aryl methyl sites for hydroxylation is 1. The number of nitrogens with zero attached hydrogens (tertiary/aromatic N) is 3. The van der Waals surface area contributed by atoms with Crippen molar-refractivity contribution in [2.75, 3.05) is 26.7 Å². The Morgan fingerprint density at radius 2 is 2.21 bits per heavy atom. The molecule has 180 valence electrons. The fourth-order valence-corrected chi connectivity index (χ4v) is 4.70. The van der Waals surface area contributed by atoms with Gasteiger partial charge in [-0.3, -0.25) is 0 Å². The molecule has 1 saturated carbocycles. The van der Waals surface area contributed by atoms with E-state index in [-0.39, 0.29) is 29.8 Å². The number of urea groups is 1. The van der Waals surface area contributed by atoms with E-state index >= 15 is 0 Å². The monoisotopic (exact) mass is 458 g/mol. The van der Waals surface area contributed by atoms with Gasteiger partial charge in [0.15, 0.2) is 17.5 Å². The van der Waals surface area contributed by atoms with Crippen LogP contribution in [0.5, 0.6) is 5.75 Å². The lowest BCUT2D eigenvalue weighted by atomic mass is 9.89. The van der Waals surface area contributed by atoms with Crippen LogP contribution < -0.4 is 10.1 Å². The molecule has 7 nitrogen and oxygen atoms in total. The number of ether oxygens (including phenoxy) is 1. The first-order valence-corrected chi connectivity index (χ1v) is 11.9. The fraction of sp³-hybridized carbons (Fsp3) is 0.600. The highest BCUT2D eigenvalue weighted by Gasteiger charge is 2.52. The third-order valence-corrected chi connectivity index (χ3v) is 6.75. The normalized spacial score (nSPS) is 19.5. The van der Waals surface area contributed by atoms with Gasteiger partial charge in [-0.2, -0.15) is 0 Å². The number of hydrogen-bond acceptors (Lipinski definition) is 5. The average Bonchev–Trinajstić information content (AvgIpc) is 3.42. The summed E-state index contributed by atoms with van der Waals surface area (Å²) in [4.78, 5) is 21.8. The molecule has 1 atom stereocenters. The molecule has 2 fully saturated rings. The van der Waals surface area contributed by atoms with Gasteiger partial charge in [0.25, 0.3) is 0 Å². The van der Waals surface area contributed by atoms with Crippen LogP contribution in [0.1, 0.15) is 56.2 Å². The second-order valence-corrected chi connectivity index (χ2v) is 9.57. The van der Waals surface area contributed by atoms with Gasteiger partial charge in [0, 0.05) is 31.5 Å². The van der Waals surface area contributed by atoms with Crippen molar-refractivity contribution >= 4 is 6.03 Å². The predicted octanol–water partition coefficient (Wildman–Crippen LogP) is 4.50. The van der Waals surface area contributed by atoms with Crippen molar-refractivity contribution in [2.24, 2.45) is 5.41 Å². The van der Waals surface area contributed by atoms with Crippen LogP contribution in [-0.4, -0.2) is 53.6 Å². The summed E-state index contributed by atoms with van der Waals surface area (Å²) in [6.07, 6.45) is 6.68. The topological polar surface area (TPSA) is 70.8 Å². The quantitative estimate of drug-likeness (QED) is 0.561. The molecule has 2 aromatic rings. The number of nitrogens with one attached hydrogen (secondary N) is 1. The van der Waals surface area contributed by atoms with Crippen molar-refractivity contribution in [3.8, 4) is 5.75 Å². The number of carbonyl (C=O) groups is 1. The lowest BCUT2D eigenvalue weighted by Gasteiger charge is -2.38. The zero-order valence-electron chi connectivity index (χ0n) is 19.9. The molecule has 4 rings (SSSR count). The van der Waals surface area contributed by atoms with Crippen LogP contribution in [0, 0.1) is 18.2 Å². The molecule has 2 aliphatic rings. The first-order valence-electron chi connectivity index (χ1n) is 11.9. The van der Waals surface area contributed by atoms with E-state index in [1.807, 2.05) is 6.07 Å². The Balaban J connectivity index is 1.46. The Kier molecular flexibility index (Phi) is 7.22. The SMILES string of the molecule is CCCCOc1ccc(CN(Cc2coc(C)n2)C(=O)N[C@H]2CCN(C)CC23CC3)cc1F. The number of halogens is 1. The summed E-state index contributed by atoms with van der Waals surface area (Å²) in [6, 6.07) is 4.92. The van der Waals surface area contributed by atoms with Gasteiger partial charge in [-0.15, -0.1) is 0 Å². The maximum Gasteiger partial charge on any atom is 0.318 e. The summed E-state index contributed by atoms with van der Waals surface area (Å²) in [6.45, 7) is 6.88. The van der Waals surface area contributed by atoms with Crippen molar-refractivity contribution in [1.29, 1.82) is 0 Å².